The van der Waals surface area contributed by atoms with Crippen LogP contribution in [-0.4, -0.2) is 143 Å². The van der Waals surface area contributed by atoms with E-state index in [2.05, 4.69) is 4.65 Å². The highest BCUT2D eigenvalue weighted by atomic mass is 35.5. The Bertz CT molecular complexity index is 4000. The van der Waals surface area contributed by atoms with Gasteiger partial charge in [-0.05, 0) is 164 Å². The molecule has 4 heterocycles. The van der Waals surface area contributed by atoms with Gasteiger partial charge in [0.15, 0.2) is 58.4 Å². The molecule has 0 atom stereocenters. The molecule has 501 valence electrons. The fourth-order valence-corrected chi connectivity index (χ4v) is 15.2. The maximum Gasteiger partial charge on any atom is 0.454 e. The van der Waals surface area contributed by atoms with Gasteiger partial charge in [-0.2, -0.15) is 38.1 Å². The van der Waals surface area contributed by atoms with Crippen LogP contribution in [0.25, 0.3) is 5.57 Å². The molecule has 93 heavy (non-hydrogen) atoms. The second-order valence-electron chi connectivity index (χ2n) is 21.7. The van der Waals surface area contributed by atoms with Crippen molar-refractivity contribution in [1.82, 2.24) is 0 Å². The third kappa shape index (κ3) is 26.1. The second kappa shape index (κ2) is 34.3. The van der Waals surface area contributed by atoms with E-state index < -0.39 is 69.8 Å². The van der Waals surface area contributed by atoms with Gasteiger partial charge in [-0.15, -0.1) is 0 Å². The van der Waals surface area contributed by atoms with Gasteiger partial charge in [0.25, 0.3) is 11.0 Å². The van der Waals surface area contributed by atoms with E-state index in [1.807, 2.05) is 11.8 Å². The number of nitrogens with two attached hydrogens (primary N) is 1. The van der Waals surface area contributed by atoms with Crippen LogP contribution >= 0.6 is 69.8 Å². The number of carbonyl (C=O) groups excluding carboxylic acids is 7. The van der Waals surface area contributed by atoms with E-state index in [0.717, 1.165) is 53.3 Å². The summed E-state index contributed by atoms with van der Waals surface area (Å²) >= 11 is 29.7. The van der Waals surface area contributed by atoms with E-state index in [1.54, 1.807) is 64.7 Å². The Kier molecular flexibility index (Phi) is 29.4. The van der Waals surface area contributed by atoms with Crippen LogP contribution in [-0.2, 0) is 34.2 Å². The number of carbonyl (C=O) groups is 7. The molecule has 0 saturated carbocycles. The van der Waals surface area contributed by atoms with E-state index >= 15 is 0 Å². The number of sulfone groups is 3. The lowest BCUT2D eigenvalue weighted by molar-refractivity contribution is -0.0885. The number of thioether (sulfide) groups is 1. The molecule has 0 aliphatic carbocycles. The molecule has 5 aromatic carbocycles. The molecule has 4 aliphatic rings. The van der Waals surface area contributed by atoms with Crippen LogP contribution in [0.5, 0.6) is 0 Å². The summed E-state index contributed by atoms with van der Waals surface area (Å²) in [5, 5.41) is 5.99. The molecular weight excluding hydrogens is 1420 g/mol. The molecule has 0 spiro atoms. The van der Waals surface area contributed by atoms with Crippen LogP contribution in [0.3, 0.4) is 0 Å². The van der Waals surface area contributed by atoms with Crippen molar-refractivity contribution >= 4 is 159 Å². The molecular formula is C61H59BCl5F6N2O14S4. The standard InChI is InChI=1S/C22H17Cl2F3O4S.C14H16O4S.C10H9ClO2.C8H3Cl2F3O.C4H7BNOS.C3H7NO2S/c1-12-4-14(2-3-18(12)21(29)5-13-10-32(30,31)11-13)20(28)9-19(22(25,26)27)15-6-16(23)8-17(24)7-15;1-9-5-12(10(2)15)3-4-13(9)14(16)6-11-7-19(17,18)8-11;1-6-5-8(7(2)12)3-4-9(6)10(11)13;9-5-1-4(2-6(10)3-5)7(14)8(11,12)13;6-3-7-5-4-1-8-2-4;4-3-1-7(5,6)2-3/h2-4,6-9,13H,5,10-11H2,1H3;3-5,11H,6-8H2,1-2H3;3-5H,1-2H3;1-3H;3-4,6H,1-2H2;3H,1-2,4H2/b19-9+;;;;;. The zero-order valence-electron chi connectivity index (χ0n) is 49.9. The second-order valence-corrected chi connectivity index (χ2v) is 31.3. The smallest absolute Gasteiger partial charge is 0.454 e. The van der Waals surface area contributed by atoms with Crippen LogP contribution in [0.1, 0.15) is 121 Å². The summed E-state index contributed by atoms with van der Waals surface area (Å²) in [5.41, 5.74) is 7.46. The lowest BCUT2D eigenvalue weighted by Gasteiger charge is -2.25. The van der Waals surface area contributed by atoms with Gasteiger partial charge in [0.05, 0.1) is 40.1 Å². The maximum atomic E-state index is 13.6. The number of alkyl halides is 6. The van der Waals surface area contributed by atoms with Crippen molar-refractivity contribution in [2.75, 3.05) is 46.0 Å². The molecule has 0 amide bonds. The van der Waals surface area contributed by atoms with Crippen LogP contribution in [0.2, 0.25) is 25.9 Å². The first-order chi connectivity index (χ1) is 42.9. The molecule has 9 rings (SSSR count). The Morgan fingerprint density at radius 3 is 1.22 bits per heavy atom. The van der Waals surface area contributed by atoms with Crippen molar-refractivity contribution in [3.8, 4) is 0 Å². The quantitative estimate of drug-likeness (QED) is 0.0177. The normalized spacial score (nSPS) is 16.2. The summed E-state index contributed by atoms with van der Waals surface area (Å²) < 4.78 is 146. The van der Waals surface area contributed by atoms with Crippen LogP contribution in [0, 0.1) is 38.0 Å². The SMILES string of the molecule is CC(=O)c1ccc(C(=O)CC2CS(=O)(=O)C2)c(C)c1.CC(=O)c1ccc(C(=O)Cl)c(C)c1.Cc1cc(C(=O)/C=C(\c2cc(Cl)cc(Cl)c2)C(F)(F)F)ccc1C(=O)CC1CS(=O)(=O)C1.N=CO[B]C1CSC1.NC1CS(=O)(=O)C1.O=C(c1cc(Cl)cc(Cl)c1)C(F)(F)F. The lowest BCUT2D eigenvalue weighted by Crippen LogP contribution is -2.47. The van der Waals surface area contributed by atoms with Gasteiger partial charge < -0.3 is 10.4 Å². The third-order valence-corrected chi connectivity index (χ3v) is 21.8. The molecule has 16 nitrogen and oxygen atoms in total. The summed E-state index contributed by atoms with van der Waals surface area (Å²) in [6.45, 7) is 8.07. The highest BCUT2D eigenvalue weighted by Gasteiger charge is 2.40. The van der Waals surface area contributed by atoms with E-state index in [-0.39, 0.29) is 120 Å². The number of benzene rings is 5. The van der Waals surface area contributed by atoms with Crippen molar-refractivity contribution in [2.24, 2.45) is 17.6 Å². The molecule has 3 N–H and O–H groups in total. The Hall–Kier alpha value is -5.75. The van der Waals surface area contributed by atoms with Crippen LogP contribution < -0.4 is 5.73 Å². The molecule has 0 bridgehead atoms. The molecule has 0 aromatic heterocycles. The van der Waals surface area contributed by atoms with Gasteiger partial charge in [0.1, 0.15) is 6.40 Å². The van der Waals surface area contributed by atoms with Gasteiger partial charge >= 0.3 is 19.8 Å². The predicted octanol–water partition coefficient (Wildman–Crippen LogP) is 13.4. The highest BCUT2D eigenvalue weighted by Crippen LogP contribution is 2.37. The van der Waals surface area contributed by atoms with E-state index in [9.17, 15) is 85.2 Å². The zero-order chi connectivity index (χ0) is 70.3. The topological polar surface area (TPSA) is 281 Å². The molecule has 4 saturated heterocycles. The van der Waals surface area contributed by atoms with Gasteiger partial charge in [-0.1, -0.05) is 76.7 Å². The fraction of sp³-hybridized carbons (Fsp3) is 0.344. The molecule has 0 unspecified atom stereocenters. The van der Waals surface area contributed by atoms with E-state index in [0.29, 0.717) is 45.3 Å². The van der Waals surface area contributed by atoms with Gasteiger partial charge in [0.2, 0.25) is 0 Å². The minimum absolute atomic E-state index is 0.00642. The van der Waals surface area contributed by atoms with Gasteiger partial charge in [-0.3, -0.25) is 39.0 Å². The van der Waals surface area contributed by atoms with Crippen LogP contribution in [0.4, 0.5) is 26.3 Å². The number of ketones is 6. The first-order valence-electron chi connectivity index (χ1n) is 27.3. The maximum absolute atomic E-state index is 13.6. The average Bonchev–Trinajstić information content (AvgIpc) is 0.825. The summed E-state index contributed by atoms with van der Waals surface area (Å²) in [4.78, 5) is 80.9. The minimum atomic E-state index is -4.91. The van der Waals surface area contributed by atoms with Crippen molar-refractivity contribution in [2.45, 2.75) is 71.7 Å². The van der Waals surface area contributed by atoms with Crippen LogP contribution in [0.15, 0.2) is 97.1 Å². The predicted molar refractivity (Wildman–Crippen MR) is 351 cm³/mol. The van der Waals surface area contributed by atoms with Crippen molar-refractivity contribution in [3.05, 3.63) is 178 Å². The average molecular weight is 1470 g/mol. The number of halogens is 11. The Balaban J connectivity index is 0.000000258. The molecule has 32 heteroatoms. The largest absolute Gasteiger partial charge is 0.555 e. The van der Waals surface area contributed by atoms with E-state index in [1.165, 1.54) is 44.2 Å². The number of aryl methyl sites for hydroxylation is 3. The number of hydrogen-bond acceptors (Lipinski definition) is 17. The minimum Gasteiger partial charge on any atom is -0.555 e. The van der Waals surface area contributed by atoms with Crippen molar-refractivity contribution in [3.63, 3.8) is 0 Å². The Morgan fingerprint density at radius 2 is 0.925 bits per heavy atom. The third-order valence-electron chi connectivity index (χ3n) is 13.6. The highest BCUT2D eigenvalue weighted by molar-refractivity contribution is 8.01. The van der Waals surface area contributed by atoms with Crippen molar-refractivity contribution in [1.29, 1.82) is 5.41 Å². The van der Waals surface area contributed by atoms with Crippen molar-refractivity contribution < 1.29 is 89.8 Å². The fourth-order valence-electron chi connectivity index (χ4n) is 8.93. The Labute approximate surface area is 563 Å². The first-order valence-corrected chi connectivity index (χ1v) is 35.8. The molecule has 4 fully saturated rings. The zero-order valence-corrected chi connectivity index (χ0v) is 56.9. The number of nitrogens with one attached hydrogen (secondary N) is 1. The summed E-state index contributed by atoms with van der Waals surface area (Å²) in [6.07, 6.45) is -7.99. The first kappa shape index (κ1) is 79.7. The summed E-state index contributed by atoms with van der Waals surface area (Å²) in [6, 6.07) is 20.2. The summed E-state index contributed by atoms with van der Waals surface area (Å²) in [5.74, 6) is -0.0741. The Morgan fingerprint density at radius 1 is 0.559 bits per heavy atom. The number of Topliss-reactive ketones (excluding diaryl/α,β-unsaturated/α-hetero) is 5. The molecule has 1 radical (unpaired) electrons. The molecule has 4 aliphatic heterocycles. The monoisotopic (exact) mass is 1470 g/mol. The molecule has 5 aromatic rings. The van der Waals surface area contributed by atoms with E-state index in [4.69, 9.17) is 69.1 Å². The van der Waals surface area contributed by atoms with Gasteiger partial charge in [-0.25, -0.2) is 25.3 Å². The number of hydrogen-bond donors (Lipinski definition) is 2. The summed E-state index contributed by atoms with van der Waals surface area (Å²) in [7, 11) is -6.86. The lowest BCUT2D eigenvalue weighted by atomic mass is 9.83. The number of rotatable bonds is 16. The number of allylic oxidation sites excluding steroid dienone is 2. The van der Waals surface area contributed by atoms with Gasteiger partial charge in [0, 0.05) is 77.9 Å².